The van der Waals surface area contributed by atoms with Crippen molar-refractivity contribution in [3.63, 3.8) is 0 Å². The lowest BCUT2D eigenvalue weighted by Crippen LogP contribution is -2.34. The van der Waals surface area contributed by atoms with Crippen molar-refractivity contribution in [2.24, 2.45) is 0 Å². The van der Waals surface area contributed by atoms with Gasteiger partial charge in [0.15, 0.2) is 5.82 Å². The Morgan fingerprint density at radius 2 is 2.06 bits per heavy atom. The molecule has 1 unspecified atom stereocenters. The molecule has 4 heterocycles. The zero-order valence-electron chi connectivity index (χ0n) is 17.3. The summed E-state index contributed by atoms with van der Waals surface area (Å²) in [6, 6.07) is 11.6. The number of fused-ring (bicyclic) bond motifs is 1. The standard InChI is InChI=1S/C22H25N7O2/c1-15(31)16-6-8-17(9-7-16)27-12-20(23-14-27)24-21-19-5-3-11-29(19)26-22(25-21)28-10-2-4-18(28)13-30/h3,5-9,11-12,14-15,18,30-31H,2,4,10,13H2,1H3,(H,24,25,26)/t15?,18-/m0/s1. The summed E-state index contributed by atoms with van der Waals surface area (Å²) in [7, 11) is 0. The van der Waals surface area contributed by atoms with Crippen molar-refractivity contribution in [3.05, 3.63) is 60.7 Å². The minimum Gasteiger partial charge on any atom is -0.394 e. The summed E-state index contributed by atoms with van der Waals surface area (Å²) in [4.78, 5) is 11.3. The van der Waals surface area contributed by atoms with Crippen LogP contribution in [0.25, 0.3) is 11.2 Å². The molecule has 4 aromatic rings. The molecule has 1 saturated heterocycles. The highest BCUT2D eigenvalue weighted by Gasteiger charge is 2.27. The van der Waals surface area contributed by atoms with E-state index in [-0.39, 0.29) is 12.6 Å². The molecule has 9 nitrogen and oxygen atoms in total. The van der Waals surface area contributed by atoms with Crippen LogP contribution < -0.4 is 10.2 Å². The largest absolute Gasteiger partial charge is 0.394 e. The van der Waals surface area contributed by atoms with Crippen LogP contribution in [-0.2, 0) is 0 Å². The molecular weight excluding hydrogens is 394 g/mol. The van der Waals surface area contributed by atoms with Crippen LogP contribution in [0.1, 0.15) is 31.4 Å². The van der Waals surface area contributed by atoms with E-state index in [2.05, 4.69) is 20.3 Å². The third-order valence-corrected chi connectivity index (χ3v) is 5.73. The quantitative estimate of drug-likeness (QED) is 0.441. The molecule has 0 spiro atoms. The van der Waals surface area contributed by atoms with Gasteiger partial charge in [0.1, 0.15) is 17.7 Å². The molecule has 0 bridgehead atoms. The van der Waals surface area contributed by atoms with Crippen LogP contribution in [0.15, 0.2) is 55.1 Å². The number of aliphatic hydroxyl groups is 2. The molecule has 5 rings (SSSR count). The fourth-order valence-electron chi connectivity index (χ4n) is 4.00. The van der Waals surface area contributed by atoms with E-state index in [1.54, 1.807) is 17.8 Å². The van der Waals surface area contributed by atoms with Crippen molar-refractivity contribution in [2.45, 2.75) is 31.9 Å². The van der Waals surface area contributed by atoms with Crippen LogP contribution in [0.2, 0.25) is 0 Å². The number of nitrogens with zero attached hydrogens (tertiary/aromatic N) is 6. The highest BCUT2D eigenvalue weighted by atomic mass is 16.3. The summed E-state index contributed by atoms with van der Waals surface area (Å²) in [6.07, 6.45) is 6.97. The van der Waals surface area contributed by atoms with Crippen LogP contribution in [0.5, 0.6) is 0 Å². The van der Waals surface area contributed by atoms with Gasteiger partial charge in [-0.25, -0.2) is 9.50 Å². The van der Waals surface area contributed by atoms with Gasteiger partial charge in [-0.3, -0.25) is 0 Å². The van der Waals surface area contributed by atoms with E-state index >= 15 is 0 Å². The molecule has 0 amide bonds. The molecule has 1 aliphatic rings. The smallest absolute Gasteiger partial charge is 0.245 e. The number of benzene rings is 1. The van der Waals surface area contributed by atoms with Crippen molar-refractivity contribution >= 4 is 23.1 Å². The summed E-state index contributed by atoms with van der Waals surface area (Å²) in [5, 5.41) is 27.3. The fourth-order valence-corrected chi connectivity index (χ4v) is 4.00. The average molecular weight is 419 g/mol. The number of aliphatic hydroxyl groups excluding tert-OH is 2. The topological polar surface area (TPSA) is 104 Å². The lowest BCUT2D eigenvalue weighted by molar-refractivity contribution is 0.199. The van der Waals surface area contributed by atoms with Crippen molar-refractivity contribution < 1.29 is 10.2 Å². The molecule has 1 aromatic carbocycles. The number of aromatic nitrogens is 5. The second-order valence-electron chi connectivity index (χ2n) is 7.83. The first-order chi connectivity index (χ1) is 15.1. The molecule has 1 fully saturated rings. The Morgan fingerprint density at radius 1 is 1.23 bits per heavy atom. The summed E-state index contributed by atoms with van der Waals surface area (Å²) >= 11 is 0. The van der Waals surface area contributed by atoms with Crippen molar-refractivity contribution in [1.82, 2.24) is 24.1 Å². The van der Waals surface area contributed by atoms with Crippen molar-refractivity contribution in [1.29, 1.82) is 0 Å². The van der Waals surface area contributed by atoms with E-state index in [0.717, 1.165) is 36.2 Å². The molecule has 2 atom stereocenters. The van der Waals surface area contributed by atoms with Crippen LogP contribution in [0, 0.1) is 0 Å². The van der Waals surface area contributed by atoms with Crippen LogP contribution in [-0.4, -0.2) is 53.6 Å². The highest BCUT2D eigenvalue weighted by Crippen LogP contribution is 2.26. The lowest BCUT2D eigenvalue weighted by atomic mass is 10.1. The second kappa shape index (κ2) is 8.01. The molecule has 1 aliphatic heterocycles. The second-order valence-corrected chi connectivity index (χ2v) is 7.83. The zero-order valence-corrected chi connectivity index (χ0v) is 17.3. The molecule has 31 heavy (non-hydrogen) atoms. The minimum absolute atomic E-state index is 0.0460. The van der Waals surface area contributed by atoms with Crippen LogP contribution in [0.3, 0.4) is 0 Å². The van der Waals surface area contributed by atoms with Gasteiger partial charge < -0.3 is 25.0 Å². The van der Waals surface area contributed by atoms with E-state index in [0.29, 0.717) is 17.6 Å². The maximum Gasteiger partial charge on any atom is 0.245 e. The van der Waals surface area contributed by atoms with Crippen molar-refractivity contribution in [2.75, 3.05) is 23.4 Å². The number of nitrogens with one attached hydrogen (secondary N) is 1. The molecule has 0 aliphatic carbocycles. The van der Waals surface area contributed by atoms with Gasteiger partial charge in [0.2, 0.25) is 5.95 Å². The van der Waals surface area contributed by atoms with E-state index in [1.807, 2.05) is 53.4 Å². The zero-order chi connectivity index (χ0) is 21.4. The van der Waals surface area contributed by atoms with Gasteiger partial charge in [-0.2, -0.15) is 4.98 Å². The Hall–Kier alpha value is -3.43. The Labute approximate surface area is 179 Å². The van der Waals surface area contributed by atoms with Crippen LogP contribution in [0.4, 0.5) is 17.6 Å². The summed E-state index contributed by atoms with van der Waals surface area (Å²) in [5.74, 6) is 1.91. The van der Waals surface area contributed by atoms with Gasteiger partial charge in [0.05, 0.1) is 24.9 Å². The summed E-state index contributed by atoms with van der Waals surface area (Å²) in [5.41, 5.74) is 2.66. The molecule has 9 heteroatoms. The minimum atomic E-state index is -0.494. The maximum atomic E-state index is 9.69. The Bertz CT molecular complexity index is 1180. The molecular formula is C22H25N7O2. The Morgan fingerprint density at radius 3 is 2.84 bits per heavy atom. The van der Waals surface area contributed by atoms with Crippen LogP contribution >= 0.6 is 0 Å². The van der Waals surface area contributed by atoms with E-state index in [4.69, 9.17) is 4.98 Å². The number of anilines is 3. The van der Waals surface area contributed by atoms with Gasteiger partial charge in [0, 0.05) is 18.4 Å². The number of rotatable bonds is 6. The normalized spacial score (nSPS) is 17.4. The van der Waals surface area contributed by atoms with Gasteiger partial charge in [-0.1, -0.05) is 12.1 Å². The first-order valence-electron chi connectivity index (χ1n) is 10.4. The van der Waals surface area contributed by atoms with E-state index in [1.165, 1.54) is 0 Å². The SMILES string of the molecule is CC(O)c1ccc(-n2cnc(Nc3nc(N4CCC[C@H]4CO)nn4cccc34)c2)cc1. The molecule has 3 N–H and O–H groups in total. The Kier molecular flexibility index (Phi) is 5.05. The number of hydrogen-bond donors (Lipinski definition) is 3. The van der Waals surface area contributed by atoms with Gasteiger partial charge >= 0.3 is 0 Å². The van der Waals surface area contributed by atoms with Crippen molar-refractivity contribution in [3.8, 4) is 5.69 Å². The molecule has 160 valence electrons. The predicted molar refractivity (Wildman–Crippen MR) is 118 cm³/mol. The maximum absolute atomic E-state index is 9.69. The molecule has 3 aromatic heterocycles. The van der Waals surface area contributed by atoms with Gasteiger partial charge in [-0.15, -0.1) is 5.10 Å². The molecule has 0 saturated carbocycles. The first-order valence-corrected chi connectivity index (χ1v) is 10.4. The monoisotopic (exact) mass is 419 g/mol. The summed E-state index contributed by atoms with van der Waals surface area (Å²) < 4.78 is 3.71. The first kappa shape index (κ1) is 19.5. The highest BCUT2D eigenvalue weighted by molar-refractivity contribution is 5.73. The van der Waals surface area contributed by atoms with Gasteiger partial charge in [0.25, 0.3) is 0 Å². The summed E-state index contributed by atoms with van der Waals surface area (Å²) in [6.45, 7) is 2.67. The fraction of sp³-hybridized carbons (Fsp3) is 0.318. The van der Waals surface area contributed by atoms with E-state index in [9.17, 15) is 10.2 Å². The number of hydrogen-bond acceptors (Lipinski definition) is 7. The lowest BCUT2D eigenvalue weighted by Gasteiger charge is -2.23. The van der Waals surface area contributed by atoms with Gasteiger partial charge in [-0.05, 0) is 49.6 Å². The Balaban J connectivity index is 1.43. The number of imidazole rings is 1. The molecule has 0 radical (unpaired) electrons. The third-order valence-electron chi connectivity index (χ3n) is 5.73. The average Bonchev–Trinajstić information content (AvgIpc) is 3.53. The third kappa shape index (κ3) is 3.73. The predicted octanol–water partition coefficient (Wildman–Crippen LogP) is 2.67. The van der Waals surface area contributed by atoms with E-state index < -0.39 is 6.10 Å².